The van der Waals surface area contributed by atoms with Crippen LogP contribution in [-0.2, 0) is 9.47 Å². The fraction of sp³-hybridized carbons (Fsp3) is 1.00. The highest BCUT2D eigenvalue weighted by atomic mass is 16.5. The number of rotatable bonds is 3. The van der Waals surface area contributed by atoms with E-state index in [0.717, 1.165) is 25.0 Å². The zero-order valence-corrected chi connectivity index (χ0v) is 14.2. The molecule has 5 unspecified atom stereocenters. The fourth-order valence-electron chi connectivity index (χ4n) is 5.15. The van der Waals surface area contributed by atoms with Gasteiger partial charge in [0.2, 0.25) is 0 Å². The Bertz CT molecular complexity index is 395. The lowest BCUT2D eigenvalue weighted by atomic mass is 9.80. The molecule has 22 heavy (non-hydrogen) atoms. The molecule has 4 aliphatic rings. The minimum Gasteiger partial charge on any atom is -0.378 e. The van der Waals surface area contributed by atoms with Crippen molar-refractivity contribution < 1.29 is 9.47 Å². The summed E-state index contributed by atoms with van der Waals surface area (Å²) >= 11 is 0. The summed E-state index contributed by atoms with van der Waals surface area (Å²) in [6.45, 7) is 6.80. The number of nitrogens with one attached hydrogen (secondary N) is 1. The summed E-state index contributed by atoms with van der Waals surface area (Å²) in [5, 5.41) is 3.87. The first-order valence-electron chi connectivity index (χ1n) is 9.35. The van der Waals surface area contributed by atoms with Gasteiger partial charge in [0.1, 0.15) is 0 Å². The van der Waals surface area contributed by atoms with E-state index in [0.29, 0.717) is 18.2 Å². The molecule has 126 valence electrons. The predicted molar refractivity (Wildman–Crippen MR) is 87.0 cm³/mol. The van der Waals surface area contributed by atoms with Gasteiger partial charge in [-0.05, 0) is 70.9 Å². The highest BCUT2D eigenvalue weighted by Crippen LogP contribution is 2.40. The monoisotopic (exact) mass is 308 g/mol. The van der Waals surface area contributed by atoms with Gasteiger partial charge >= 0.3 is 0 Å². The highest BCUT2D eigenvalue weighted by Gasteiger charge is 2.46. The Morgan fingerprint density at radius 1 is 1.23 bits per heavy atom. The smallest absolute Gasteiger partial charge is 0.0727 e. The second-order valence-corrected chi connectivity index (χ2v) is 8.32. The Hall–Kier alpha value is -0.160. The number of hydrogen-bond donors (Lipinski definition) is 1. The zero-order chi connectivity index (χ0) is 15.2. The summed E-state index contributed by atoms with van der Waals surface area (Å²) < 4.78 is 12.3. The van der Waals surface area contributed by atoms with Crippen molar-refractivity contribution in [2.75, 3.05) is 33.3 Å². The lowest BCUT2D eigenvalue weighted by molar-refractivity contribution is -0.0694. The Balaban J connectivity index is 1.30. The molecule has 3 saturated heterocycles. The average Bonchev–Trinajstić information content (AvgIpc) is 3.04. The molecule has 0 radical (unpaired) electrons. The minimum absolute atomic E-state index is 0.164. The maximum Gasteiger partial charge on any atom is 0.0727 e. The first-order valence-corrected chi connectivity index (χ1v) is 9.35. The summed E-state index contributed by atoms with van der Waals surface area (Å²) in [5.74, 6) is 1.63. The molecular weight excluding hydrogens is 276 g/mol. The van der Waals surface area contributed by atoms with E-state index in [2.05, 4.69) is 24.2 Å². The van der Waals surface area contributed by atoms with Crippen LogP contribution in [0.3, 0.4) is 0 Å². The van der Waals surface area contributed by atoms with E-state index >= 15 is 0 Å². The van der Waals surface area contributed by atoms with E-state index in [-0.39, 0.29) is 5.60 Å². The van der Waals surface area contributed by atoms with Crippen molar-refractivity contribution in [2.45, 2.75) is 69.3 Å². The van der Waals surface area contributed by atoms with E-state index < -0.39 is 0 Å². The average molecular weight is 308 g/mol. The lowest BCUT2D eigenvalue weighted by Gasteiger charge is -2.37. The van der Waals surface area contributed by atoms with Crippen molar-refractivity contribution >= 4 is 0 Å². The fourth-order valence-corrected chi connectivity index (χ4v) is 5.15. The van der Waals surface area contributed by atoms with Crippen LogP contribution in [0.5, 0.6) is 0 Å². The maximum atomic E-state index is 6.44. The van der Waals surface area contributed by atoms with Crippen LogP contribution >= 0.6 is 0 Å². The van der Waals surface area contributed by atoms with Gasteiger partial charge in [-0.15, -0.1) is 0 Å². The summed E-state index contributed by atoms with van der Waals surface area (Å²) in [4.78, 5) is 2.43. The van der Waals surface area contributed by atoms with Crippen LogP contribution in [0.2, 0.25) is 0 Å². The Labute approximate surface area is 134 Å². The molecule has 5 atom stereocenters. The third kappa shape index (κ3) is 2.95. The number of fused-ring (bicyclic) bond motifs is 2. The van der Waals surface area contributed by atoms with Crippen LogP contribution in [0, 0.1) is 11.8 Å². The third-order valence-corrected chi connectivity index (χ3v) is 6.77. The van der Waals surface area contributed by atoms with Gasteiger partial charge in [0, 0.05) is 19.1 Å². The van der Waals surface area contributed by atoms with Gasteiger partial charge < -0.3 is 19.7 Å². The van der Waals surface area contributed by atoms with Gasteiger partial charge in [-0.1, -0.05) is 0 Å². The second-order valence-electron chi connectivity index (χ2n) is 8.32. The van der Waals surface area contributed by atoms with Crippen LogP contribution < -0.4 is 5.32 Å². The standard InChI is InChI=1S/C18H32N2O2/c1-13-17(10-18(22-13)5-7-20(2)8-6-18)19-11-14-3-4-16-9-15(14)12-21-16/h13-17,19H,3-12H2,1-2H3. The molecule has 0 amide bonds. The molecule has 0 aromatic rings. The van der Waals surface area contributed by atoms with Crippen molar-refractivity contribution in [3.05, 3.63) is 0 Å². The van der Waals surface area contributed by atoms with E-state index in [1.165, 1.54) is 51.6 Å². The van der Waals surface area contributed by atoms with E-state index in [1.807, 2.05) is 0 Å². The van der Waals surface area contributed by atoms with Crippen molar-refractivity contribution in [1.82, 2.24) is 10.2 Å². The van der Waals surface area contributed by atoms with Crippen LogP contribution in [0.15, 0.2) is 0 Å². The molecule has 4 rings (SSSR count). The molecule has 1 spiro atoms. The highest BCUT2D eigenvalue weighted by molar-refractivity contribution is 4.99. The first-order chi connectivity index (χ1) is 10.6. The Morgan fingerprint density at radius 3 is 2.86 bits per heavy atom. The zero-order valence-electron chi connectivity index (χ0n) is 14.2. The minimum atomic E-state index is 0.164. The van der Waals surface area contributed by atoms with Gasteiger partial charge in [0.25, 0.3) is 0 Å². The molecule has 2 bridgehead atoms. The molecule has 1 aliphatic carbocycles. The van der Waals surface area contributed by atoms with E-state index in [9.17, 15) is 0 Å². The molecule has 4 fully saturated rings. The van der Waals surface area contributed by atoms with Crippen LogP contribution in [-0.4, -0.2) is 62.0 Å². The summed E-state index contributed by atoms with van der Waals surface area (Å²) in [6.07, 6.45) is 8.48. The predicted octanol–water partition coefficient (Wildman–Crippen LogP) is 2.03. The second kappa shape index (κ2) is 6.04. The molecule has 3 aliphatic heterocycles. The SMILES string of the molecule is CC1OC2(CCN(C)CC2)CC1NCC1CCC2CC1CO2. The summed E-state index contributed by atoms with van der Waals surface area (Å²) in [6, 6.07) is 0.545. The van der Waals surface area contributed by atoms with Gasteiger partial charge in [0.05, 0.1) is 24.4 Å². The van der Waals surface area contributed by atoms with Crippen molar-refractivity contribution in [3.63, 3.8) is 0 Å². The van der Waals surface area contributed by atoms with Gasteiger partial charge in [-0.25, -0.2) is 0 Å². The number of ether oxygens (including phenoxy) is 2. The molecule has 1 N–H and O–H groups in total. The van der Waals surface area contributed by atoms with E-state index in [4.69, 9.17) is 9.47 Å². The number of hydrogen-bond acceptors (Lipinski definition) is 4. The van der Waals surface area contributed by atoms with Gasteiger partial charge in [0.15, 0.2) is 0 Å². The summed E-state index contributed by atoms with van der Waals surface area (Å²) in [7, 11) is 2.22. The Kier molecular flexibility index (Phi) is 4.22. The Morgan fingerprint density at radius 2 is 2.05 bits per heavy atom. The molecule has 4 nitrogen and oxygen atoms in total. The largest absolute Gasteiger partial charge is 0.378 e. The molecule has 1 saturated carbocycles. The van der Waals surface area contributed by atoms with Crippen molar-refractivity contribution in [2.24, 2.45) is 11.8 Å². The number of piperidine rings is 1. The quantitative estimate of drug-likeness (QED) is 0.865. The van der Waals surface area contributed by atoms with Gasteiger partial charge in [-0.2, -0.15) is 0 Å². The molecule has 3 heterocycles. The molecular formula is C18H32N2O2. The topological polar surface area (TPSA) is 33.7 Å². The van der Waals surface area contributed by atoms with Crippen LogP contribution in [0.1, 0.15) is 45.4 Å². The maximum absolute atomic E-state index is 6.44. The van der Waals surface area contributed by atoms with E-state index in [1.54, 1.807) is 0 Å². The van der Waals surface area contributed by atoms with Crippen LogP contribution in [0.4, 0.5) is 0 Å². The van der Waals surface area contributed by atoms with Crippen LogP contribution in [0.25, 0.3) is 0 Å². The molecule has 0 aromatic heterocycles. The molecule has 4 heteroatoms. The van der Waals surface area contributed by atoms with Crippen molar-refractivity contribution in [3.8, 4) is 0 Å². The normalized spacial score (nSPS) is 44.7. The molecule has 0 aromatic carbocycles. The van der Waals surface area contributed by atoms with Gasteiger partial charge in [-0.3, -0.25) is 0 Å². The summed E-state index contributed by atoms with van der Waals surface area (Å²) in [5.41, 5.74) is 0.164. The third-order valence-electron chi connectivity index (χ3n) is 6.77. The van der Waals surface area contributed by atoms with Crippen molar-refractivity contribution in [1.29, 1.82) is 0 Å². The first kappa shape index (κ1) is 15.4. The number of nitrogens with zero attached hydrogens (tertiary/aromatic N) is 1. The number of likely N-dealkylation sites (tertiary alicyclic amines) is 1. The lowest BCUT2D eigenvalue weighted by Crippen LogP contribution is -2.43.